The Labute approximate surface area is 221 Å². The summed E-state index contributed by atoms with van der Waals surface area (Å²) in [7, 11) is 0. The van der Waals surface area contributed by atoms with Gasteiger partial charge in [0.2, 0.25) is 5.82 Å². The largest absolute Gasteiger partial charge is 0.453 e. The number of nitrogens with zero attached hydrogens (tertiary/aromatic N) is 4. The van der Waals surface area contributed by atoms with Gasteiger partial charge in [-0.25, -0.2) is 9.37 Å². The average molecular weight is 513 g/mol. The third-order valence-corrected chi connectivity index (χ3v) is 6.83. The zero-order valence-corrected chi connectivity index (χ0v) is 20.7. The number of para-hydroxylation sites is 3. The van der Waals surface area contributed by atoms with Crippen molar-refractivity contribution in [2.45, 2.75) is 6.54 Å². The molecule has 7 rings (SSSR count). The van der Waals surface area contributed by atoms with Crippen molar-refractivity contribution in [2.24, 2.45) is 5.10 Å². The van der Waals surface area contributed by atoms with E-state index >= 15 is 0 Å². The van der Waals surface area contributed by atoms with E-state index in [9.17, 15) is 9.18 Å². The van der Waals surface area contributed by atoms with E-state index in [1.54, 1.807) is 36.5 Å². The Morgan fingerprint density at radius 1 is 0.872 bits per heavy atom. The Kier molecular flexibility index (Phi) is 5.41. The predicted octanol–water partition coefficient (Wildman–Crippen LogP) is 6.83. The molecule has 7 heteroatoms. The maximum absolute atomic E-state index is 14.4. The zero-order valence-electron chi connectivity index (χ0n) is 20.7. The lowest BCUT2D eigenvalue weighted by Crippen LogP contribution is -2.20. The van der Waals surface area contributed by atoms with Crippen molar-refractivity contribution in [2.75, 3.05) is 0 Å². The van der Waals surface area contributed by atoms with Gasteiger partial charge >= 0.3 is 0 Å². The number of halogens is 1. The molecule has 0 saturated carbocycles. The summed E-state index contributed by atoms with van der Waals surface area (Å²) in [5.74, 6) is 0.495. The predicted molar refractivity (Wildman–Crippen MR) is 152 cm³/mol. The number of rotatable bonds is 5. The van der Waals surface area contributed by atoms with E-state index in [0.29, 0.717) is 40.2 Å². The van der Waals surface area contributed by atoms with E-state index < -0.39 is 0 Å². The molecule has 0 aliphatic rings. The molecule has 188 valence electrons. The van der Waals surface area contributed by atoms with Gasteiger partial charge < -0.3 is 8.98 Å². The molecule has 7 aromatic rings. The molecule has 0 bridgehead atoms. The molecule has 0 atom stereocenters. The van der Waals surface area contributed by atoms with Gasteiger partial charge in [0.15, 0.2) is 5.76 Å². The minimum atomic E-state index is -0.303. The molecule has 3 aromatic heterocycles. The number of aromatic nitrogens is 3. The molecule has 0 radical (unpaired) electrons. The first-order valence-electron chi connectivity index (χ1n) is 12.5. The lowest BCUT2D eigenvalue weighted by Gasteiger charge is -2.07. The maximum Gasteiger partial charge on any atom is 0.282 e. The average Bonchev–Trinajstić information content (AvgIpc) is 3.55. The topological polar surface area (TPSA) is 65.3 Å². The molecule has 39 heavy (non-hydrogen) atoms. The van der Waals surface area contributed by atoms with Crippen LogP contribution in [0.25, 0.3) is 44.4 Å². The Morgan fingerprint density at radius 3 is 2.49 bits per heavy atom. The number of fused-ring (bicyclic) bond motifs is 3. The van der Waals surface area contributed by atoms with Gasteiger partial charge in [-0.3, -0.25) is 4.79 Å². The van der Waals surface area contributed by atoms with Crippen LogP contribution in [0.5, 0.6) is 0 Å². The van der Waals surface area contributed by atoms with Gasteiger partial charge in [0.25, 0.3) is 5.56 Å². The van der Waals surface area contributed by atoms with E-state index in [1.165, 1.54) is 10.7 Å². The van der Waals surface area contributed by atoms with Crippen LogP contribution in [0.2, 0.25) is 0 Å². The molecule has 0 aliphatic heterocycles. The molecule has 0 amide bonds. The van der Waals surface area contributed by atoms with Gasteiger partial charge in [-0.15, -0.1) is 0 Å². The lowest BCUT2D eigenvalue weighted by atomic mass is 10.2. The highest BCUT2D eigenvalue weighted by atomic mass is 19.1. The Balaban J connectivity index is 1.38. The van der Waals surface area contributed by atoms with Gasteiger partial charge in [-0.05, 0) is 36.4 Å². The van der Waals surface area contributed by atoms with Crippen molar-refractivity contribution in [1.82, 2.24) is 14.2 Å². The lowest BCUT2D eigenvalue weighted by molar-refractivity contribution is 0.602. The van der Waals surface area contributed by atoms with Crippen LogP contribution in [-0.2, 0) is 6.54 Å². The monoisotopic (exact) mass is 512 g/mol. The smallest absolute Gasteiger partial charge is 0.282 e. The second-order valence-electron chi connectivity index (χ2n) is 9.28. The maximum atomic E-state index is 14.4. The summed E-state index contributed by atoms with van der Waals surface area (Å²) in [4.78, 5) is 18.4. The van der Waals surface area contributed by atoms with Gasteiger partial charge in [-0.2, -0.15) is 9.78 Å². The van der Waals surface area contributed by atoms with Crippen LogP contribution in [0.15, 0.2) is 124 Å². The number of hydrogen-bond donors (Lipinski definition) is 0. The SMILES string of the molecule is O=c1c2ccccc2nc(-c2cc3ccccc3o2)n1N=Cc1cn(Cc2ccccc2F)c2ccccc12. The standard InChI is InChI=1S/C32H21FN4O2/c33-26-13-5-1-10-22(26)19-36-20-23(24-11-4-7-15-28(24)36)18-34-37-31(30-17-21-9-2-8-16-29(21)39-30)35-27-14-6-3-12-25(27)32(37)38/h1-18,20H,19H2. The van der Waals surface area contributed by atoms with Crippen LogP contribution in [0.3, 0.4) is 0 Å². The van der Waals surface area contributed by atoms with Gasteiger partial charge in [0.05, 0.1) is 23.7 Å². The van der Waals surface area contributed by atoms with Crippen molar-refractivity contribution < 1.29 is 8.81 Å². The number of furan rings is 1. The molecule has 0 N–H and O–H groups in total. The van der Waals surface area contributed by atoms with E-state index in [4.69, 9.17) is 9.40 Å². The van der Waals surface area contributed by atoms with Gasteiger partial charge in [0.1, 0.15) is 11.4 Å². The second kappa shape index (κ2) is 9.22. The Hall–Kier alpha value is -5.30. The van der Waals surface area contributed by atoms with Crippen LogP contribution < -0.4 is 5.56 Å². The van der Waals surface area contributed by atoms with Crippen molar-refractivity contribution in [1.29, 1.82) is 0 Å². The quantitative estimate of drug-likeness (QED) is 0.237. The molecular formula is C32H21FN4O2. The summed E-state index contributed by atoms with van der Waals surface area (Å²) in [5.41, 5.74) is 3.26. The zero-order chi connectivity index (χ0) is 26.3. The highest BCUT2D eigenvalue weighted by Crippen LogP contribution is 2.27. The second-order valence-corrected chi connectivity index (χ2v) is 9.28. The molecule has 0 spiro atoms. The van der Waals surface area contributed by atoms with Crippen molar-refractivity contribution in [3.63, 3.8) is 0 Å². The normalized spacial score (nSPS) is 11.8. The Bertz CT molecular complexity index is 2070. The van der Waals surface area contributed by atoms with E-state index in [-0.39, 0.29) is 11.4 Å². The van der Waals surface area contributed by atoms with E-state index in [1.807, 2.05) is 77.5 Å². The van der Waals surface area contributed by atoms with Crippen molar-refractivity contribution >= 4 is 39.0 Å². The Morgan fingerprint density at radius 2 is 1.62 bits per heavy atom. The minimum Gasteiger partial charge on any atom is -0.453 e. The minimum absolute atomic E-state index is 0.255. The third-order valence-electron chi connectivity index (χ3n) is 6.83. The molecule has 6 nitrogen and oxygen atoms in total. The molecule has 0 fully saturated rings. The highest BCUT2D eigenvalue weighted by molar-refractivity contribution is 5.99. The first kappa shape index (κ1) is 22.9. The van der Waals surface area contributed by atoms with E-state index in [0.717, 1.165) is 21.9 Å². The molecule has 0 unspecified atom stereocenters. The fourth-order valence-corrected chi connectivity index (χ4v) is 4.92. The summed E-state index contributed by atoms with van der Waals surface area (Å²) in [5, 5.41) is 6.92. The summed E-state index contributed by atoms with van der Waals surface area (Å²) < 4.78 is 23.7. The molecule has 3 heterocycles. The van der Waals surface area contributed by atoms with Gasteiger partial charge in [0, 0.05) is 33.6 Å². The van der Waals surface area contributed by atoms with Crippen LogP contribution in [0.4, 0.5) is 4.39 Å². The van der Waals surface area contributed by atoms with Crippen LogP contribution in [0.1, 0.15) is 11.1 Å². The first-order valence-corrected chi connectivity index (χ1v) is 12.5. The summed E-state index contributed by atoms with van der Waals surface area (Å²) >= 11 is 0. The molecular weight excluding hydrogens is 491 g/mol. The first-order chi connectivity index (χ1) is 19.2. The van der Waals surface area contributed by atoms with Gasteiger partial charge in [-0.1, -0.05) is 66.7 Å². The number of benzene rings is 4. The number of hydrogen-bond acceptors (Lipinski definition) is 4. The summed E-state index contributed by atoms with van der Waals surface area (Å²) in [6.07, 6.45) is 3.56. The molecule has 4 aromatic carbocycles. The van der Waals surface area contributed by atoms with Crippen molar-refractivity contribution in [3.05, 3.63) is 137 Å². The summed E-state index contributed by atoms with van der Waals surface area (Å²) in [6.45, 7) is 0.364. The fourth-order valence-electron chi connectivity index (χ4n) is 4.92. The molecule has 0 aliphatic carbocycles. The fraction of sp³-hybridized carbons (Fsp3) is 0.0312. The van der Waals surface area contributed by atoms with Crippen LogP contribution in [-0.4, -0.2) is 20.4 Å². The van der Waals surface area contributed by atoms with E-state index in [2.05, 4.69) is 5.10 Å². The van der Waals surface area contributed by atoms with Crippen LogP contribution >= 0.6 is 0 Å². The third kappa shape index (κ3) is 4.01. The van der Waals surface area contributed by atoms with Crippen LogP contribution in [0, 0.1) is 5.82 Å². The molecule has 0 saturated heterocycles. The summed E-state index contributed by atoms with van der Waals surface area (Å²) in [6, 6.07) is 31.3. The highest BCUT2D eigenvalue weighted by Gasteiger charge is 2.17. The van der Waals surface area contributed by atoms with Crippen molar-refractivity contribution in [3.8, 4) is 11.6 Å².